The average Bonchev–Trinajstić information content (AvgIpc) is 2.97. The first-order chi connectivity index (χ1) is 10.7. The summed E-state index contributed by atoms with van der Waals surface area (Å²) in [5.74, 6) is 1.40. The first-order valence-corrected chi connectivity index (χ1v) is 6.88. The normalized spacial score (nSPS) is 10.6. The van der Waals surface area contributed by atoms with E-state index < -0.39 is 0 Å². The van der Waals surface area contributed by atoms with Gasteiger partial charge < -0.3 is 13.9 Å². The molecule has 1 aromatic carbocycles. The van der Waals surface area contributed by atoms with Gasteiger partial charge in [0.2, 0.25) is 0 Å². The van der Waals surface area contributed by atoms with Crippen molar-refractivity contribution in [3.63, 3.8) is 0 Å². The average molecular weight is 296 g/mol. The number of imidazole rings is 1. The van der Waals surface area contributed by atoms with Gasteiger partial charge >= 0.3 is 5.97 Å². The number of ether oxygens (including phenoxy) is 2. The molecule has 2 heterocycles. The van der Waals surface area contributed by atoms with Gasteiger partial charge in [0.25, 0.3) is 0 Å². The van der Waals surface area contributed by atoms with E-state index in [0.717, 1.165) is 22.7 Å². The Morgan fingerprint density at radius 2 is 1.95 bits per heavy atom. The molecule has 3 rings (SSSR count). The Morgan fingerprint density at radius 3 is 2.64 bits per heavy atom. The Morgan fingerprint density at radius 1 is 1.18 bits per heavy atom. The molecule has 0 spiro atoms. The number of methoxy groups -OCH3 is 2. The second-order valence-electron chi connectivity index (χ2n) is 4.90. The van der Waals surface area contributed by atoms with Crippen molar-refractivity contribution in [2.24, 2.45) is 0 Å². The van der Waals surface area contributed by atoms with Gasteiger partial charge in [0, 0.05) is 12.6 Å². The zero-order chi connectivity index (χ0) is 15.5. The SMILES string of the molecule is COC(=O)c1ccn2c(Cc3ccc(OC)cc3)ncc2c1. The van der Waals surface area contributed by atoms with Crippen LogP contribution < -0.4 is 4.74 Å². The second kappa shape index (κ2) is 5.89. The molecule has 0 saturated carbocycles. The molecule has 2 aromatic heterocycles. The Bertz CT molecular complexity index is 806. The fourth-order valence-corrected chi connectivity index (χ4v) is 2.36. The van der Waals surface area contributed by atoms with Crippen molar-refractivity contribution in [1.82, 2.24) is 9.38 Å². The molecule has 0 atom stereocenters. The summed E-state index contributed by atoms with van der Waals surface area (Å²) in [6.07, 6.45) is 4.30. The number of benzene rings is 1. The summed E-state index contributed by atoms with van der Waals surface area (Å²) in [5.41, 5.74) is 2.53. The molecule has 22 heavy (non-hydrogen) atoms. The van der Waals surface area contributed by atoms with E-state index in [-0.39, 0.29) is 5.97 Å². The molecule has 0 aliphatic rings. The van der Waals surface area contributed by atoms with E-state index in [9.17, 15) is 4.79 Å². The maximum atomic E-state index is 11.6. The largest absolute Gasteiger partial charge is 0.497 e. The molecule has 0 aliphatic carbocycles. The van der Waals surface area contributed by atoms with E-state index in [1.165, 1.54) is 7.11 Å². The van der Waals surface area contributed by atoms with Crippen molar-refractivity contribution in [3.05, 3.63) is 65.7 Å². The monoisotopic (exact) mass is 296 g/mol. The summed E-state index contributed by atoms with van der Waals surface area (Å²) < 4.78 is 11.9. The van der Waals surface area contributed by atoms with Gasteiger partial charge in [-0.05, 0) is 29.8 Å². The number of carbonyl (C=O) groups is 1. The molecule has 5 heteroatoms. The van der Waals surface area contributed by atoms with E-state index >= 15 is 0 Å². The van der Waals surface area contributed by atoms with Crippen LogP contribution in [0.4, 0.5) is 0 Å². The fraction of sp³-hybridized carbons (Fsp3) is 0.176. The summed E-state index contributed by atoms with van der Waals surface area (Å²) in [6, 6.07) is 11.4. The van der Waals surface area contributed by atoms with Crippen LogP contribution in [0.2, 0.25) is 0 Å². The van der Waals surface area contributed by atoms with Gasteiger partial charge in [-0.15, -0.1) is 0 Å². The maximum absolute atomic E-state index is 11.6. The number of hydrogen-bond donors (Lipinski definition) is 0. The number of carbonyl (C=O) groups excluding carboxylic acids is 1. The van der Waals surface area contributed by atoms with Crippen molar-refractivity contribution in [3.8, 4) is 5.75 Å². The molecule has 0 bridgehead atoms. The van der Waals surface area contributed by atoms with E-state index in [2.05, 4.69) is 4.98 Å². The van der Waals surface area contributed by atoms with Gasteiger partial charge in [0.1, 0.15) is 11.6 Å². The summed E-state index contributed by atoms with van der Waals surface area (Å²) in [5, 5.41) is 0. The van der Waals surface area contributed by atoms with Crippen LogP contribution >= 0.6 is 0 Å². The molecular weight excluding hydrogens is 280 g/mol. The zero-order valence-electron chi connectivity index (χ0n) is 12.4. The number of aromatic nitrogens is 2. The number of pyridine rings is 1. The van der Waals surface area contributed by atoms with Crippen LogP contribution in [0.1, 0.15) is 21.7 Å². The molecule has 0 fully saturated rings. The molecule has 5 nitrogen and oxygen atoms in total. The maximum Gasteiger partial charge on any atom is 0.337 e. The van der Waals surface area contributed by atoms with Gasteiger partial charge in [0.05, 0.1) is 31.5 Å². The first kappa shape index (κ1) is 14.1. The third-order valence-corrected chi connectivity index (χ3v) is 3.55. The van der Waals surface area contributed by atoms with Gasteiger partial charge in [-0.3, -0.25) is 0 Å². The van der Waals surface area contributed by atoms with Crippen LogP contribution in [0.3, 0.4) is 0 Å². The molecule has 0 radical (unpaired) electrons. The highest BCUT2D eigenvalue weighted by molar-refractivity contribution is 5.90. The zero-order valence-corrected chi connectivity index (χ0v) is 12.4. The van der Waals surface area contributed by atoms with Crippen molar-refractivity contribution in [2.45, 2.75) is 6.42 Å². The third kappa shape index (κ3) is 2.65. The summed E-state index contributed by atoms with van der Waals surface area (Å²) in [4.78, 5) is 16.0. The highest BCUT2D eigenvalue weighted by Crippen LogP contribution is 2.16. The number of fused-ring (bicyclic) bond motifs is 1. The van der Waals surface area contributed by atoms with E-state index in [1.807, 2.05) is 34.9 Å². The van der Waals surface area contributed by atoms with Crippen LogP contribution in [0.15, 0.2) is 48.8 Å². The van der Waals surface area contributed by atoms with Crippen molar-refractivity contribution >= 4 is 11.5 Å². The Kier molecular flexibility index (Phi) is 3.78. The summed E-state index contributed by atoms with van der Waals surface area (Å²) in [7, 11) is 3.02. The lowest BCUT2D eigenvalue weighted by molar-refractivity contribution is 0.0600. The van der Waals surface area contributed by atoms with E-state index in [1.54, 1.807) is 25.4 Å². The Labute approximate surface area is 128 Å². The quantitative estimate of drug-likeness (QED) is 0.695. The van der Waals surface area contributed by atoms with E-state index in [0.29, 0.717) is 12.0 Å². The smallest absolute Gasteiger partial charge is 0.337 e. The molecule has 0 aliphatic heterocycles. The standard InChI is InChI=1S/C17H16N2O3/c1-21-15-5-3-12(4-6-15)9-16-18-11-14-10-13(17(20)22-2)7-8-19(14)16/h3-8,10-11H,9H2,1-2H3. The van der Waals surface area contributed by atoms with Crippen LogP contribution in [0.25, 0.3) is 5.52 Å². The number of esters is 1. The molecule has 0 N–H and O–H groups in total. The highest BCUT2D eigenvalue weighted by atomic mass is 16.5. The number of nitrogens with zero attached hydrogens (tertiary/aromatic N) is 2. The molecule has 0 saturated heterocycles. The van der Waals surface area contributed by atoms with E-state index in [4.69, 9.17) is 9.47 Å². The van der Waals surface area contributed by atoms with Gasteiger partial charge in [0.15, 0.2) is 0 Å². The lowest BCUT2D eigenvalue weighted by Crippen LogP contribution is -2.02. The summed E-state index contributed by atoms with van der Waals surface area (Å²) in [6.45, 7) is 0. The minimum atomic E-state index is -0.347. The van der Waals surface area contributed by atoms with Gasteiger partial charge in [-0.2, -0.15) is 0 Å². The minimum Gasteiger partial charge on any atom is -0.497 e. The minimum absolute atomic E-state index is 0.347. The molecule has 0 amide bonds. The predicted molar refractivity (Wildman–Crippen MR) is 82.3 cm³/mol. The first-order valence-electron chi connectivity index (χ1n) is 6.88. The molecule has 112 valence electrons. The van der Waals surface area contributed by atoms with Crippen LogP contribution in [-0.2, 0) is 11.2 Å². The van der Waals surface area contributed by atoms with Crippen molar-refractivity contribution in [1.29, 1.82) is 0 Å². The topological polar surface area (TPSA) is 52.8 Å². The fourth-order valence-electron chi connectivity index (χ4n) is 2.36. The van der Waals surface area contributed by atoms with Crippen molar-refractivity contribution < 1.29 is 14.3 Å². The number of hydrogen-bond acceptors (Lipinski definition) is 4. The Balaban J connectivity index is 1.89. The summed E-state index contributed by atoms with van der Waals surface area (Å²) >= 11 is 0. The van der Waals surface area contributed by atoms with Gasteiger partial charge in [-0.1, -0.05) is 12.1 Å². The van der Waals surface area contributed by atoms with Crippen LogP contribution in [-0.4, -0.2) is 29.6 Å². The lowest BCUT2D eigenvalue weighted by atomic mass is 10.1. The lowest BCUT2D eigenvalue weighted by Gasteiger charge is -2.05. The Hall–Kier alpha value is -2.82. The van der Waals surface area contributed by atoms with Crippen LogP contribution in [0.5, 0.6) is 5.75 Å². The molecule has 3 aromatic rings. The third-order valence-electron chi connectivity index (χ3n) is 3.55. The van der Waals surface area contributed by atoms with Crippen LogP contribution in [0, 0.1) is 0 Å². The predicted octanol–water partition coefficient (Wildman–Crippen LogP) is 2.72. The van der Waals surface area contributed by atoms with Gasteiger partial charge in [-0.25, -0.2) is 9.78 Å². The second-order valence-corrected chi connectivity index (χ2v) is 4.90. The molecule has 0 unspecified atom stereocenters. The number of rotatable bonds is 4. The molecular formula is C17H16N2O3. The van der Waals surface area contributed by atoms with Crippen molar-refractivity contribution in [2.75, 3.05) is 14.2 Å². The highest BCUT2D eigenvalue weighted by Gasteiger charge is 2.09.